The van der Waals surface area contributed by atoms with E-state index in [2.05, 4.69) is 41.5 Å². The molecule has 0 fully saturated rings. The molecule has 0 aromatic carbocycles. The Morgan fingerprint density at radius 3 is 1.74 bits per heavy atom. The predicted molar refractivity (Wildman–Crippen MR) is 149 cm³/mol. The molecule has 0 aromatic heterocycles. The van der Waals surface area contributed by atoms with Crippen molar-refractivity contribution in [2.45, 2.75) is 157 Å². The molecule has 4 heteroatoms. The summed E-state index contributed by atoms with van der Waals surface area (Å²) in [7, 11) is 0. The Morgan fingerprint density at radius 1 is 0.743 bits per heavy atom. The van der Waals surface area contributed by atoms with Crippen molar-refractivity contribution in [3.63, 3.8) is 0 Å². The number of ether oxygens (including phenoxy) is 1. The van der Waals surface area contributed by atoms with Crippen LogP contribution in [0.4, 0.5) is 0 Å². The highest BCUT2D eigenvalue weighted by atomic mass is 16.5. The molecule has 0 radical (unpaired) electrons. The standard InChI is InChI=1S/C31H60O4/c1-7-11-20-27(9-3)24-31(26(5)6,30(34)35-25-28(10-4)21-12-8-2)23-19-17-15-13-14-16-18-22-29(32)33/h26-28H,7-25H2,1-6H3,(H,32,33). The lowest BCUT2D eigenvalue weighted by atomic mass is 9.67. The highest BCUT2D eigenvalue weighted by molar-refractivity contribution is 5.77. The van der Waals surface area contributed by atoms with Crippen LogP contribution < -0.4 is 0 Å². The van der Waals surface area contributed by atoms with Crippen LogP contribution in [0.1, 0.15) is 157 Å². The first kappa shape index (κ1) is 33.9. The summed E-state index contributed by atoms with van der Waals surface area (Å²) in [5.41, 5.74) is -0.376. The number of carboxylic acid groups (broad SMARTS) is 1. The zero-order valence-electron chi connectivity index (χ0n) is 24.3. The van der Waals surface area contributed by atoms with Crippen LogP contribution in [0, 0.1) is 23.2 Å². The quantitative estimate of drug-likeness (QED) is 0.107. The lowest BCUT2D eigenvalue weighted by molar-refractivity contribution is -0.163. The van der Waals surface area contributed by atoms with Gasteiger partial charge in [0.2, 0.25) is 0 Å². The zero-order chi connectivity index (χ0) is 26.5. The van der Waals surface area contributed by atoms with Crippen molar-refractivity contribution in [3.05, 3.63) is 0 Å². The van der Waals surface area contributed by atoms with Gasteiger partial charge in [0.25, 0.3) is 0 Å². The van der Waals surface area contributed by atoms with Crippen molar-refractivity contribution in [1.29, 1.82) is 0 Å². The molecule has 0 saturated carbocycles. The number of hydrogen-bond acceptors (Lipinski definition) is 3. The number of unbranched alkanes of at least 4 members (excludes halogenated alkanes) is 8. The fourth-order valence-electron chi connectivity index (χ4n) is 5.34. The number of hydrogen-bond donors (Lipinski definition) is 1. The monoisotopic (exact) mass is 496 g/mol. The van der Waals surface area contributed by atoms with Crippen LogP contribution in [-0.4, -0.2) is 23.7 Å². The van der Waals surface area contributed by atoms with Gasteiger partial charge in [-0.3, -0.25) is 9.59 Å². The average Bonchev–Trinajstić information content (AvgIpc) is 2.83. The Bertz CT molecular complexity index is 530. The molecule has 1 N–H and O–H groups in total. The van der Waals surface area contributed by atoms with Crippen molar-refractivity contribution >= 4 is 11.9 Å². The molecule has 3 atom stereocenters. The molecule has 3 unspecified atom stereocenters. The van der Waals surface area contributed by atoms with Crippen LogP contribution in [0.3, 0.4) is 0 Å². The van der Waals surface area contributed by atoms with Crippen molar-refractivity contribution < 1.29 is 19.4 Å². The molecule has 35 heavy (non-hydrogen) atoms. The van der Waals surface area contributed by atoms with Gasteiger partial charge in [-0.05, 0) is 43.4 Å². The Kier molecular flexibility index (Phi) is 20.4. The number of carbonyl (C=O) groups is 2. The fourth-order valence-corrected chi connectivity index (χ4v) is 5.34. The fraction of sp³-hybridized carbons (Fsp3) is 0.935. The highest BCUT2D eigenvalue weighted by Gasteiger charge is 2.43. The van der Waals surface area contributed by atoms with E-state index in [-0.39, 0.29) is 23.7 Å². The van der Waals surface area contributed by atoms with Gasteiger partial charge in [0.15, 0.2) is 0 Å². The van der Waals surface area contributed by atoms with E-state index in [1.807, 2.05) is 0 Å². The summed E-state index contributed by atoms with van der Waals surface area (Å²) in [6.45, 7) is 14.0. The van der Waals surface area contributed by atoms with Crippen molar-refractivity contribution in [2.75, 3.05) is 6.61 Å². The van der Waals surface area contributed by atoms with Crippen LogP contribution in [-0.2, 0) is 14.3 Å². The van der Waals surface area contributed by atoms with E-state index >= 15 is 0 Å². The second-order valence-electron chi connectivity index (χ2n) is 11.3. The Balaban J connectivity index is 5.10. The van der Waals surface area contributed by atoms with Gasteiger partial charge in [0.05, 0.1) is 12.0 Å². The van der Waals surface area contributed by atoms with Crippen LogP contribution in [0.5, 0.6) is 0 Å². The molecular weight excluding hydrogens is 436 g/mol. The molecule has 0 bridgehead atoms. The SMILES string of the molecule is CCCCC(CC)COC(=O)C(CCCCCCCCCC(=O)O)(CC(CC)CCCC)C(C)C. The molecule has 208 valence electrons. The minimum Gasteiger partial charge on any atom is -0.481 e. The molecule has 0 aliphatic heterocycles. The first-order valence-corrected chi connectivity index (χ1v) is 15.2. The summed E-state index contributed by atoms with van der Waals surface area (Å²) in [4.78, 5) is 24.4. The molecule has 0 heterocycles. The average molecular weight is 497 g/mol. The van der Waals surface area contributed by atoms with E-state index in [1.165, 1.54) is 32.1 Å². The maximum absolute atomic E-state index is 13.7. The third-order valence-corrected chi connectivity index (χ3v) is 8.21. The number of carboxylic acids is 1. The van der Waals surface area contributed by atoms with E-state index in [1.54, 1.807) is 0 Å². The number of aliphatic carboxylic acids is 1. The van der Waals surface area contributed by atoms with E-state index in [0.29, 0.717) is 18.4 Å². The van der Waals surface area contributed by atoms with Gasteiger partial charge >= 0.3 is 11.9 Å². The van der Waals surface area contributed by atoms with Gasteiger partial charge in [0.1, 0.15) is 0 Å². The Hall–Kier alpha value is -1.06. The second kappa shape index (κ2) is 21.1. The zero-order valence-corrected chi connectivity index (χ0v) is 24.3. The number of rotatable bonds is 24. The lowest BCUT2D eigenvalue weighted by Crippen LogP contribution is -2.40. The summed E-state index contributed by atoms with van der Waals surface area (Å²) >= 11 is 0. The highest BCUT2D eigenvalue weighted by Crippen LogP contribution is 2.43. The van der Waals surface area contributed by atoms with E-state index in [4.69, 9.17) is 9.84 Å². The summed E-state index contributed by atoms with van der Waals surface area (Å²) in [6.07, 6.45) is 19.0. The van der Waals surface area contributed by atoms with Gasteiger partial charge in [-0.2, -0.15) is 0 Å². The third-order valence-electron chi connectivity index (χ3n) is 8.21. The molecule has 0 spiro atoms. The van der Waals surface area contributed by atoms with Gasteiger partial charge < -0.3 is 9.84 Å². The largest absolute Gasteiger partial charge is 0.481 e. The minimum atomic E-state index is -0.693. The normalized spacial score (nSPS) is 15.1. The van der Waals surface area contributed by atoms with Crippen molar-refractivity contribution in [1.82, 2.24) is 0 Å². The van der Waals surface area contributed by atoms with Gasteiger partial charge in [0, 0.05) is 6.42 Å². The van der Waals surface area contributed by atoms with E-state index < -0.39 is 5.97 Å². The molecule has 0 rings (SSSR count). The van der Waals surface area contributed by atoms with Gasteiger partial charge in [-0.15, -0.1) is 0 Å². The van der Waals surface area contributed by atoms with Gasteiger partial charge in [-0.1, -0.05) is 125 Å². The first-order chi connectivity index (χ1) is 16.8. The Morgan fingerprint density at radius 2 is 1.26 bits per heavy atom. The first-order valence-electron chi connectivity index (χ1n) is 15.2. The number of carbonyl (C=O) groups excluding carboxylic acids is 1. The second-order valence-corrected chi connectivity index (χ2v) is 11.3. The van der Waals surface area contributed by atoms with E-state index in [9.17, 15) is 9.59 Å². The summed E-state index contributed by atoms with van der Waals surface area (Å²) in [5, 5.41) is 8.76. The molecule has 0 aliphatic rings. The number of esters is 1. The third kappa shape index (κ3) is 14.9. The van der Waals surface area contributed by atoms with E-state index in [0.717, 1.165) is 77.0 Å². The molecule has 0 aliphatic carbocycles. The maximum Gasteiger partial charge on any atom is 0.312 e. The summed E-state index contributed by atoms with van der Waals surface area (Å²) < 4.78 is 6.12. The molecule has 0 amide bonds. The van der Waals surface area contributed by atoms with Crippen LogP contribution >= 0.6 is 0 Å². The molecule has 0 aromatic rings. The topological polar surface area (TPSA) is 63.6 Å². The van der Waals surface area contributed by atoms with Crippen molar-refractivity contribution in [3.8, 4) is 0 Å². The van der Waals surface area contributed by atoms with Crippen LogP contribution in [0.25, 0.3) is 0 Å². The Labute approximate surface area is 218 Å². The summed E-state index contributed by atoms with van der Waals surface area (Å²) in [6, 6.07) is 0. The summed E-state index contributed by atoms with van der Waals surface area (Å²) in [5.74, 6) is 0.707. The maximum atomic E-state index is 13.7. The van der Waals surface area contributed by atoms with Crippen LogP contribution in [0.15, 0.2) is 0 Å². The lowest BCUT2D eigenvalue weighted by Gasteiger charge is -2.38. The minimum absolute atomic E-state index is 0.0612. The smallest absolute Gasteiger partial charge is 0.312 e. The van der Waals surface area contributed by atoms with Crippen LogP contribution in [0.2, 0.25) is 0 Å². The molecular formula is C31H60O4. The van der Waals surface area contributed by atoms with Gasteiger partial charge in [-0.25, -0.2) is 0 Å². The molecule has 0 saturated heterocycles. The molecule has 4 nitrogen and oxygen atoms in total. The van der Waals surface area contributed by atoms with Crippen molar-refractivity contribution in [2.24, 2.45) is 23.2 Å². The predicted octanol–water partition coefficient (Wildman–Crippen LogP) is 9.59.